The number of nitrogens with zero attached hydrogens (tertiary/aromatic N) is 1. The van der Waals surface area contributed by atoms with E-state index < -0.39 is 6.10 Å². The fourth-order valence-corrected chi connectivity index (χ4v) is 2.14. The van der Waals surface area contributed by atoms with E-state index in [1.165, 1.54) is 4.90 Å². The minimum Gasteiger partial charge on any atom is -0.388 e. The number of benzene rings is 2. The Bertz CT molecular complexity index is 644. The Kier molecular flexibility index (Phi) is 5.88. The maximum absolute atomic E-state index is 12.1. The van der Waals surface area contributed by atoms with Crippen LogP contribution in [0.4, 0.5) is 5.69 Å². The molecule has 0 aliphatic rings. The number of rotatable bonds is 6. The molecule has 0 aromatic heterocycles. The summed E-state index contributed by atoms with van der Waals surface area (Å²) in [4.78, 5) is 25.3. The summed E-state index contributed by atoms with van der Waals surface area (Å²) < 4.78 is 0. The highest BCUT2D eigenvalue weighted by Gasteiger charge is 2.18. The summed E-state index contributed by atoms with van der Waals surface area (Å²) in [7, 11) is 1.55. The molecule has 0 saturated heterocycles. The van der Waals surface area contributed by atoms with Crippen molar-refractivity contribution in [3.05, 3.63) is 66.2 Å². The number of aliphatic hydroxyl groups excluding tert-OH is 1. The summed E-state index contributed by atoms with van der Waals surface area (Å²) in [5.74, 6) is -0.564. The molecule has 0 aliphatic carbocycles. The first-order valence-corrected chi connectivity index (χ1v) is 7.38. The Morgan fingerprint density at radius 2 is 1.61 bits per heavy atom. The predicted octanol–water partition coefficient (Wildman–Crippen LogP) is 2.21. The number of amides is 2. The summed E-state index contributed by atoms with van der Waals surface area (Å²) in [6.45, 7) is -0.0603. The van der Waals surface area contributed by atoms with Crippen LogP contribution < -0.4 is 5.32 Å². The summed E-state index contributed by atoms with van der Waals surface area (Å²) >= 11 is 0. The first-order chi connectivity index (χ1) is 11.1. The van der Waals surface area contributed by atoms with Gasteiger partial charge in [0.1, 0.15) is 0 Å². The fraction of sp³-hybridized carbons (Fsp3) is 0.222. The molecule has 0 heterocycles. The Morgan fingerprint density at radius 1 is 1.04 bits per heavy atom. The van der Waals surface area contributed by atoms with Gasteiger partial charge < -0.3 is 15.3 Å². The molecule has 2 aromatic rings. The molecule has 23 heavy (non-hydrogen) atoms. The van der Waals surface area contributed by atoms with Gasteiger partial charge in [-0.05, 0) is 17.7 Å². The van der Waals surface area contributed by atoms with Crippen molar-refractivity contribution in [1.29, 1.82) is 0 Å². The Labute approximate surface area is 135 Å². The van der Waals surface area contributed by atoms with Gasteiger partial charge in [-0.15, -0.1) is 0 Å². The second-order valence-electron chi connectivity index (χ2n) is 5.29. The van der Waals surface area contributed by atoms with Crippen LogP contribution >= 0.6 is 0 Å². The first-order valence-electron chi connectivity index (χ1n) is 7.38. The average molecular weight is 312 g/mol. The lowest BCUT2D eigenvalue weighted by atomic mass is 10.1. The summed E-state index contributed by atoms with van der Waals surface area (Å²) in [6, 6.07) is 18.0. The van der Waals surface area contributed by atoms with E-state index in [4.69, 9.17) is 0 Å². The van der Waals surface area contributed by atoms with Crippen molar-refractivity contribution in [3.8, 4) is 0 Å². The lowest BCUT2D eigenvalue weighted by molar-refractivity contribution is -0.135. The molecule has 0 radical (unpaired) electrons. The van der Waals surface area contributed by atoms with Crippen molar-refractivity contribution in [1.82, 2.24) is 4.90 Å². The van der Waals surface area contributed by atoms with Crippen LogP contribution in [-0.2, 0) is 9.59 Å². The lowest BCUT2D eigenvalue weighted by Gasteiger charge is -2.19. The van der Waals surface area contributed by atoms with Gasteiger partial charge in [0.05, 0.1) is 19.1 Å². The number of nitrogens with one attached hydrogen (secondary N) is 1. The molecule has 0 saturated carbocycles. The number of hydrogen-bond acceptors (Lipinski definition) is 3. The third-order valence-corrected chi connectivity index (χ3v) is 3.42. The van der Waals surface area contributed by atoms with Crippen LogP contribution in [0.2, 0.25) is 0 Å². The highest BCUT2D eigenvalue weighted by atomic mass is 16.3. The maximum Gasteiger partial charge on any atom is 0.243 e. The zero-order valence-corrected chi connectivity index (χ0v) is 13.0. The van der Waals surface area contributed by atoms with E-state index in [-0.39, 0.29) is 24.8 Å². The van der Waals surface area contributed by atoms with Crippen LogP contribution in [0.25, 0.3) is 0 Å². The molecule has 120 valence electrons. The van der Waals surface area contributed by atoms with Crippen molar-refractivity contribution in [2.45, 2.75) is 12.5 Å². The molecule has 1 atom stereocenters. The van der Waals surface area contributed by atoms with E-state index in [1.54, 1.807) is 43.4 Å². The van der Waals surface area contributed by atoms with Crippen LogP contribution in [0.1, 0.15) is 18.1 Å². The monoisotopic (exact) mass is 312 g/mol. The smallest absolute Gasteiger partial charge is 0.243 e. The van der Waals surface area contributed by atoms with Crippen molar-refractivity contribution in [2.24, 2.45) is 0 Å². The zero-order chi connectivity index (χ0) is 16.7. The van der Waals surface area contributed by atoms with Crippen LogP contribution in [-0.4, -0.2) is 35.4 Å². The molecule has 5 heteroatoms. The number of anilines is 1. The molecular weight excluding hydrogens is 292 g/mol. The normalized spacial score (nSPS) is 11.6. The fourth-order valence-electron chi connectivity index (χ4n) is 2.14. The molecule has 0 spiro atoms. The third kappa shape index (κ3) is 5.23. The van der Waals surface area contributed by atoms with E-state index in [0.717, 1.165) is 0 Å². The highest BCUT2D eigenvalue weighted by Crippen LogP contribution is 2.16. The van der Waals surface area contributed by atoms with Crippen molar-refractivity contribution in [3.63, 3.8) is 0 Å². The van der Waals surface area contributed by atoms with Gasteiger partial charge in [-0.3, -0.25) is 9.59 Å². The topological polar surface area (TPSA) is 69.6 Å². The number of carbonyl (C=O) groups excluding carboxylic acids is 2. The van der Waals surface area contributed by atoms with Crippen LogP contribution in [0.5, 0.6) is 0 Å². The molecule has 0 aliphatic heterocycles. The number of hydrogen-bond donors (Lipinski definition) is 2. The summed E-state index contributed by atoms with van der Waals surface area (Å²) in [5.41, 5.74) is 1.37. The number of para-hydroxylation sites is 1. The van der Waals surface area contributed by atoms with Gasteiger partial charge in [-0.2, -0.15) is 0 Å². The van der Waals surface area contributed by atoms with Crippen LogP contribution in [0, 0.1) is 0 Å². The predicted molar refractivity (Wildman–Crippen MR) is 88.7 cm³/mol. The quantitative estimate of drug-likeness (QED) is 0.859. The Balaban J connectivity index is 1.84. The summed E-state index contributed by atoms with van der Waals surface area (Å²) in [6.07, 6.45) is -0.928. The van der Waals surface area contributed by atoms with E-state index in [9.17, 15) is 14.7 Å². The van der Waals surface area contributed by atoms with Crippen molar-refractivity contribution < 1.29 is 14.7 Å². The van der Waals surface area contributed by atoms with E-state index in [1.807, 2.05) is 24.3 Å². The van der Waals surface area contributed by atoms with Gasteiger partial charge in [0.2, 0.25) is 11.8 Å². The largest absolute Gasteiger partial charge is 0.388 e. The highest BCUT2D eigenvalue weighted by molar-refractivity contribution is 5.94. The molecule has 2 amide bonds. The zero-order valence-electron chi connectivity index (χ0n) is 13.0. The second kappa shape index (κ2) is 8.10. The molecule has 2 rings (SSSR count). The third-order valence-electron chi connectivity index (χ3n) is 3.42. The second-order valence-corrected chi connectivity index (χ2v) is 5.29. The Morgan fingerprint density at radius 3 is 2.22 bits per heavy atom. The molecule has 0 fully saturated rings. The molecule has 1 unspecified atom stereocenters. The number of aliphatic hydroxyl groups is 1. The maximum atomic E-state index is 12.1. The van der Waals surface area contributed by atoms with Gasteiger partial charge in [0.25, 0.3) is 0 Å². The van der Waals surface area contributed by atoms with Gasteiger partial charge in [-0.25, -0.2) is 0 Å². The summed E-state index contributed by atoms with van der Waals surface area (Å²) in [5, 5.41) is 12.8. The van der Waals surface area contributed by atoms with E-state index in [2.05, 4.69) is 5.32 Å². The minimum atomic E-state index is -0.872. The van der Waals surface area contributed by atoms with E-state index >= 15 is 0 Å². The SMILES string of the molecule is CN(CC(=O)Nc1ccccc1)C(=O)CC(O)c1ccccc1. The minimum absolute atomic E-state index is 0.0564. The first kappa shape index (κ1) is 16.7. The molecule has 0 bridgehead atoms. The van der Waals surface area contributed by atoms with Gasteiger partial charge in [0, 0.05) is 12.7 Å². The molecule has 2 N–H and O–H groups in total. The van der Waals surface area contributed by atoms with Crippen molar-refractivity contribution in [2.75, 3.05) is 18.9 Å². The Hall–Kier alpha value is -2.66. The molecule has 5 nitrogen and oxygen atoms in total. The molecular formula is C18H20N2O3. The van der Waals surface area contributed by atoms with Crippen LogP contribution in [0.15, 0.2) is 60.7 Å². The van der Waals surface area contributed by atoms with Gasteiger partial charge >= 0.3 is 0 Å². The molecule has 2 aromatic carbocycles. The number of carbonyl (C=O) groups is 2. The van der Waals surface area contributed by atoms with E-state index in [0.29, 0.717) is 11.3 Å². The lowest BCUT2D eigenvalue weighted by Crippen LogP contribution is -2.35. The number of likely N-dealkylation sites (N-methyl/N-ethyl adjacent to an activating group) is 1. The van der Waals surface area contributed by atoms with Gasteiger partial charge in [-0.1, -0.05) is 48.5 Å². The standard InChI is InChI=1S/C18H20N2O3/c1-20(13-17(22)19-15-10-6-3-7-11-15)18(23)12-16(21)14-8-4-2-5-9-14/h2-11,16,21H,12-13H2,1H3,(H,19,22). The van der Waals surface area contributed by atoms with Crippen molar-refractivity contribution >= 4 is 17.5 Å². The average Bonchev–Trinajstić information content (AvgIpc) is 2.56. The van der Waals surface area contributed by atoms with Crippen LogP contribution in [0.3, 0.4) is 0 Å². The van der Waals surface area contributed by atoms with Gasteiger partial charge in [0.15, 0.2) is 0 Å².